The molecule has 0 saturated heterocycles. The largest absolute Gasteiger partial charge is 0.389 e. The van der Waals surface area contributed by atoms with Gasteiger partial charge in [-0.3, -0.25) is 4.79 Å². The van der Waals surface area contributed by atoms with Crippen LogP contribution in [0.25, 0.3) is 0 Å². The second kappa shape index (κ2) is 9.57. The number of aliphatic hydroxyl groups is 1. The van der Waals surface area contributed by atoms with E-state index in [0.717, 1.165) is 6.29 Å². The van der Waals surface area contributed by atoms with Gasteiger partial charge >= 0.3 is 0 Å². The maximum Gasteiger partial charge on any atom is 0.155 e. The van der Waals surface area contributed by atoms with Crippen molar-refractivity contribution in [2.75, 3.05) is 6.61 Å². The lowest BCUT2D eigenvalue weighted by Crippen LogP contribution is -1.93. The second-order valence-electron chi connectivity index (χ2n) is 1.10. The first kappa shape index (κ1) is 10.3. The van der Waals surface area contributed by atoms with E-state index in [4.69, 9.17) is 9.90 Å². The third kappa shape index (κ3) is 58.0. The van der Waals surface area contributed by atoms with E-state index in [2.05, 4.69) is 0 Å². The van der Waals surface area contributed by atoms with Crippen molar-refractivity contribution in [3.8, 4) is 0 Å². The Balaban J connectivity index is 0. The highest BCUT2D eigenvalue weighted by Gasteiger charge is 1.78. The molecular formula is C5H10O3. The standard InChI is InChI=1S/C3H6O2.C2H4O/c1-3(5)2-4;1-2-3/h4H,2H2,1H3;2H,1H3. The van der Waals surface area contributed by atoms with Gasteiger partial charge in [0.25, 0.3) is 0 Å². The number of ketones is 1. The molecular weight excluding hydrogens is 108 g/mol. The lowest BCUT2D eigenvalue weighted by molar-refractivity contribution is -0.119. The fourth-order valence-corrected chi connectivity index (χ4v) is 0. The summed E-state index contributed by atoms with van der Waals surface area (Å²) in [5.74, 6) is -0.190. The Kier molecular flexibility index (Phi) is 12.3. The zero-order valence-electron chi connectivity index (χ0n) is 5.05. The van der Waals surface area contributed by atoms with Crippen LogP contribution >= 0.6 is 0 Å². The fourth-order valence-electron chi connectivity index (χ4n) is 0. The Morgan fingerprint density at radius 1 is 1.75 bits per heavy atom. The Bertz CT molecular complexity index is 68.1. The van der Waals surface area contributed by atoms with Crippen LogP contribution in [-0.2, 0) is 9.59 Å². The van der Waals surface area contributed by atoms with E-state index >= 15 is 0 Å². The maximum absolute atomic E-state index is 9.56. The normalized spacial score (nSPS) is 6.38. The van der Waals surface area contributed by atoms with E-state index in [1.54, 1.807) is 0 Å². The highest BCUT2D eigenvalue weighted by Crippen LogP contribution is 1.55. The Hall–Kier alpha value is -0.700. The van der Waals surface area contributed by atoms with Crippen molar-refractivity contribution >= 4 is 12.1 Å². The van der Waals surface area contributed by atoms with Crippen LogP contribution in [0.4, 0.5) is 0 Å². The lowest BCUT2D eigenvalue weighted by atomic mass is 10.5. The van der Waals surface area contributed by atoms with Crippen molar-refractivity contribution in [2.45, 2.75) is 13.8 Å². The van der Waals surface area contributed by atoms with Crippen molar-refractivity contribution in [1.82, 2.24) is 0 Å². The molecule has 48 valence electrons. The van der Waals surface area contributed by atoms with Gasteiger partial charge in [-0.1, -0.05) is 0 Å². The molecule has 0 saturated carbocycles. The van der Waals surface area contributed by atoms with Crippen LogP contribution in [-0.4, -0.2) is 23.8 Å². The zero-order valence-corrected chi connectivity index (χ0v) is 5.05. The first-order valence-electron chi connectivity index (χ1n) is 2.19. The number of aliphatic hydroxyl groups excluding tert-OH is 1. The average molecular weight is 118 g/mol. The number of Topliss-reactive ketones (excluding diaryl/α,β-unsaturated/α-hetero) is 1. The monoisotopic (exact) mass is 118 g/mol. The molecule has 0 aliphatic carbocycles. The molecule has 0 amide bonds. The lowest BCUT2D eigenvalue weighted by Gasteiger charge is -1.72. The summed E-state index contributed by atoms with van der Waals surface area (Å²) in [5.41, 5.74) is 0. The quantitative estimate of drug-likeness (QED) is 0.484. The third-order valence-corrected chi connectivity index (χ3v) is 0.223. The van der Waals surface area contributed by atoms with Crippen LogP contribution < -0.4 is 0 Å². The van der Waals surface area contributed by atoms with Crippen molar-refractivity contribution in [1.29, 1.82) is 0 Å². The smallest absolute Gasteiger partial charge is 0.155 e. The molecule has 3 heteroatoms. The van der Waals surface area contributed by atoms with Crippen LogP contribution in [0.15, 0.2) is 0 Å². The van der Waals surface area contributed by atoms with Crippen LogP contribution in [0.3, 0.4) is 0 Å². The molecule has 0 aromatic rings. The van der Waals surface area contributed by atoms with Gasteiger partial charge in [0.1, 0.15) is 12.9 Å². The molecule has 1 N–H and O–H groups in total. The van der Waals surface area contributed by atoms with Gasteiger partial charge in [0.15, 0.2) is 5.78 Å². The highest BCUT2D eigenvalue weighted by molar-refractivity contribution is 5.76. The van der Waals surface area contributed by atoms with E-state index in [-0.39, 0.29) is 12.4 Å². The minimum absolute atomic E-state index is 0.190. The Morgan fingerprint density at radius 3 is 1.88 bits per heavy atom. The summed E-state index contributed by atoms with van der Waals surface area (Å²) in [6.45, 7) is 2.44. The predicted octanol–water partition coefficient (Wildman–Crippen LogP) is -0.227. The molecule has 0 aromatic heterocycles. The van der Waals surface area contributed by atoms with Gasteiger partial charge in [-0.05, 0) is 13.8 Å². The summed E-state index contributed by atoms with van der Waals surface area (Å²) in [5, 5.41) is 7.79. The molecule has 0 spiro atoms. The van der Waals surface area contributed by atoms with Crippen LogP contribution in [0.2, 0.25) is 0 Å². The van der Waals surface area contributed by atoms with Gasteiger partial charge in [0, 0.05) is 0 Å². The Morgan fingerprint density at radius 2 is 1.88 bits per heavy atom. The van der Waals surface area contributed by atoms with E-state index in [9.17, 15) is 4.79 Å². The average Bonchev–Trinajstić information content (AvgIpc) is 1.69. The minimum Gasteiger partial charge on any atom is -0.389 e. The van der Waals surface area contributed by atoms with Crippen LogP contribution in [0.1, 0.15) is 13.8 Å². The Labute approximate surface area is 48.3 Å². The molecule has 3 nitrogen and oxygen atoms in total. The molecule has 0 bridgehead atoms. The summed E-state index contributed by atoms with van der Waals surface area (Å²) in [4.78, 5) is 18.4. The maximum atomic E-state index is 9.56. The number of rotatable bonds is 1. The number of hydrogen-bond donors (Lipinski definition) is 1. The minimum atomic E-state index is -0.333. The highest BCUT2D eigenvalue weighted by atomic mass is 16.3. The number of hydrogen-bond acceptors (Lipinski definition) is 3. The van der Waals surface area contributed by atoms with Gasteiger partial charge in [-0.2, -0.15) is 0 Å². The molecule has 0 aliphatic heterocycles. The molecule has 0 rings (SSSR count). The predicted molar refractivity (Wildman–Crippen MR) is 29.5 cm³/mol. The van der Waals surface area contributed by atoms with Gasteiger partial charge in [-0.15, -0.1) is 0 Å². The first-order valence-corrected chi connectivity index (χ1v) is 2.19. The first-order chi connectivity index (χ1) is 3.68. The summed E-state index contributed by atoms with van der Waals surface area (Å²) in [7, 11) is 0. The van der Waals surface area contributed by atoms with E-state index in [1.807, 2.05) is 0 Å². The molecule has 0 radical (unpaired) electrons. The van der Waals surface area contributed by atoms with E-state index in [0.29, 0.717) is 0 Å². The van der Waals surface area contributed by atoms with Gasteiger partial charge in [-0.25, -0.2) is 0 Å². The molecule has 0 fully saturated rings. The van der Waals surface area contributed by atoms with Crippen molar-refractivity contribution < 1.29 is 14.7 Å². The fraction of sp³-hybridized carbons (Fsp3) is 0.600. The molecule has 0 aliphatic rings. The second-order valence-corrected chi connectivity index (χ2v) is 1.10. The van der Waals surface area contributed by atoms with Gasteiger partial charge in [0.05, 0.1) is 0 Å². The van der Waals surface area contributed by atoms with Crippen LogP contribution in [0, 0.1) is 0 Å². The number of carbonyl (C=O) groups excluding carboxylic acids is 2. The summed E-state index contributed by atoms with van der Waals surface area (Å²) >= 11 is 0. The number of aldehydes is 1. The third-order valence-electron chi connectivity index (χ3n) is 0.223. The summed E-state index contributed by atoms with van der Waals surface area (Å²) in [6, 6.07) is 0. The van der Waals surface area contributed by atoms with E-state index < -0.39 is 0 Å². The molecule has 8 heavy (non-hydrogen) atoms. The molecule has 0 aromatic carbocycles. The van der Waals surface area contributed by atoms with Crippen molar-refractivity contribution in [2.24, 2.45) is 0 Å². The summed E-state index contributed by atoms with van der Waals surface area (Å²) < 4.78 is 0. The molecule has 0 heterocycles. The van der Waals surface area contributed by atoms with Gasteiger partial charge in [0.2, 0.25) is 0 Å². The SMILES string of the molecule is CC(=O)CO.CC=O. The van der Waals surface area contributed by atoms with Crippen LogP contribution in [0.5, 0.6) is 0 Å². The number of carbonyl (C=O) groups is 2. The van der Waals surface area contributed by atoms with Gasteiger partial charge < -0.3 is 9.90 Å². The molecule has 0 unspecified atom stereocenters. The van der Waals surface area contributed by atoms with Crippen molar-refractivity contribution in [3.05, 3.63) is 0 Å². The van der Waals surface area contributed by atoms with Crippen molar-refractivity contribution in [3.63, 3.8) is 0 Å². The van der Waals surface area contributed by atoms with E-state index in [1.165, 1.54) is 13.8 Å². The topological polar surface area (TPSA) is 54.4 Å². The summed E-state index contributed by atoms with van der Waals surface area (Å²) in [6.07, 6.45) is 0.750. The molecule has 0 atom stereocenters. The zero-order chi connectivity index (χ0) is 6.99.